The highest BCUT2D eigenvalue weighted by atomic mass is 16.2. The lowest BCUT2D eigenvalue weighted by atomic mass is 10.4. The smallest absolute Gasteiger partial charge is 0.259 e. The fourth-order valence-electron chi connectivity index (χ4n) is 0.617. The third kappa shape index (κ3) is 2.55. The Balaban J connectivity index is 4.96. The van der Waals surface area contributed by atoms with Crippen molar-refractivity contribution in [1.29, 1.82) is 0 Å². The zero-order valence-electron chi connectivity index (χ0n) is 7.36. The molecule has 0 fully saturated rings. The summed E-state index contributed by atoms with van der Waals surface area (Å²) in [6, 6.07) is 0. The molecule has 5 heteroatoms. The number of hydrogen-bond acceptors (Lipinski definition) is 3. The van der Waals surface area contributed by atoms with E-state index in [4.69, 9.17) is 5.73 Å². The van der Waals surface area contributed by atoms with Gasteiger partial charge in [0.15, 0.2) is 0 Å². The topological polar surface area (TPSA) is 75.8 Å². The number of nitrogens with two attached hydrogens (primary N) is 1. The summed E-state index contributed by atoms with van der Waals surface area (Å²) in [7, 11) is 1.37. The van der Waals surface area contributed by atoms with Gasteiger partial charge >= 0.3 is 0 Å². The molecule has 2 amide bonds. The lowest BCUT2D eigenvalue weighted by molar-refractivity contribution is -0.133. The number of imide groups is 1. The van der Waals surface area contributed by atoms with E-state index in [1.54, 1.807) is 0 Å². The molecule has 0 aliphatic heterocycles. The fourth-order valence-corrected chi connectivity index (χ4v) is 0.617. The minimum absolute atomic E-state index is 0.185. The maximum absolute atomic E-state index is 11.1. The molecule has 70 valence electrons. The van der Waals surface area contributed by atoms with Crippen molar-refractivity contribution in [3.63, 3.8) is 0 Å². The molecular formula is C8H11N3O2. The molecule has 13 heavy (non-hydrogen) atoms. The zero-order valence-corrected chi connectivity index (χ0v) is 7.36. The van der Waals surface area contributed by atoms with Gasteiger partial charge in [0, 0.05) is 7.05 Å². The number of rotatable bonds is 2. The molecule has 0 spiro atoms. The first-order valence-corrected chi connectivity index (χ1v) is 3.43. The number of aliphatic imine (C=N–C) groups is 1. The van der Waals surface area contributed by atoms with Crippen LogP contribution in [0, 0.1) is 0 Å². The maximum atomic E-state index is 11.1. The molecule has 0 rings (SSSR count). The van der Waals surface area contributed by atoms with E-state index < -0.39 is 11.8 Å². The van der Waals surface area contributed by atoms with Gasteiger partial charge < -0.3 is 5.73 Å². The molecule has 0 radical (unpaired) electrons. The molecule has 0 aromatic heterocycles. The van der Waals surface area contributed by atoms with Crippen LogP contribution < -0.4 is 5.73 Å². The van der Waals surface area contributed by atoms with Gasteiger partial charge in [0.25, 0.3) is 11.8 Å². The average molecular weight is 181 g/mol. The Morgan fingerprint density at radius 3 is 1.92 bits per heavy atom. The Kier molecular flexibility index (Phi) is 4.15. The number of nitrogens with zero attached hydrogens (tertiary/aromatic N) is 2. The highest BCUT2D eigenvalue weighted by Gasteiger charge is 2.19. The predicted molar refractivity (Wildman–Crippen MR) is 49.8 cm³/mol. The predicted octanol–water partition coefficient (Wildman–Crippen LogP) is -0.342. The monoisotopic (exact) mass is 181 g/mol. The summed E-state index contributed by atoms with van der Waals surface area (Å²) in [4.78, 5) is 26.4. The van der Waals surface area contributed by atoms with Crippen LogP contribution in [-0.4, -0.2) is 29.7 Å². The highest BCUT2D eigenvalue weighted by molar-refractivity contribution is 6.17. The van der Waals surface area contributed by atoms with Crippen LogP contribution in [0.25, 0.3) is 0 Å². The van der Waals surface area contributed by atoms with Gasteiger partial charge in [0.1, 0.15) is 0 Å². The van der Waals surface area contributed by atoms with Crippen molar-refractivity contribution in [2.24, 2.45) is 10.7 Å². The molecule has 5 nitrogen and oxygen atoms in total. The van der Waals surface area contributed by atoms with Crippen LogP contribution in [0.5, 0.6) is 0 Å². The van der Waals surface area contributed by atoms with Crippen LogP contribution in [0.3, 0.4) is 0 Å². The van der Waals surface area contributed by atoms with E-state index >= 15 is 0 Å². The van der Waals surface area contributed by atoms with Gasteiger partial charge in [-0.1, -0.05) is 13.2 Å². The second kappa shape index (κ2) is 4.87. The van der Waals surface area contributed by atoms with E-state index in [1.165, 1.54) is 7.05 Å². The van der Waals surface area contributed by atoms with E-state index in [9.17, 15) is 9.59 Å². The molecule has 0 aliphatic carbocycles. The van der Waals surface area contributed by atoms with Crippen LogP contribution in [-0.2, 0) is 9.59 Å². The Bertz CT molecular complexity index is 258. The molecule has 0 aliphatic rings. The van der Waals surface area contributed by atoms with Crippen LogP contribution in [0.15, 0.2) is 30.3 Å². The third-order valence-electron chi connectivity index (χ3n) is 1.25. The maximum Gasteiger partial charge on any atom is 0.259 e. The van der Waals surface area contributed by atoms with E-state index in [2.05, 4.69) is 18.2 Å². The number of amides is 2. The minimum atomic E-state index is -0.631. The lowest BCUT2D eigenvalue weighted by Crippen LogP contribution is -2.44. The van der Waals surface area contributed by atoms with Crippen LogP contribution in [0.4, 0.5) is 0 Å². The Morgan fingerprint density at radius 1 is 1.31 bits per heavy atom. The number of carbonyl (C=O) groups is 2. The van der Waals surface area contributed by atoms with Gasteiger partial charge in [0.05, 0.1) is 0 Å². The molecular weight excluding hydrogens is 170 g/mol. The molecule has 0 heterocycles. The first kappa shape index (κ1) is 11.1. The fraction of sp³-hybridized carbons (Fsp3) is 0.125. The van der Waals surface area contributed by atoms with Gasteiger partial charge in [-0.15, -0.1) is 0 Å². The first-order valence-electron chi connectivity index (χ1n) is 3.43. The Labute approximate surface area is 76.2 Å². The van der Waals surface area contributed by atoms with Gasteiger partial charge in [0.2, 0.25) is 5.96 Å². The minimum Gasteiger partial charge on any atom is -0.369 e. The molecule has 0 saturated carbocycles. The van der Waals surface area contributed by atoms with Gasteiger partial charge in [-0.05, 0) is 12.2 Å². The van der Waals surface area contributed by atoms with Crippen molar-refractivity contribution < 1.29 is 9.59 Å². The van der Waals surface area contributed by atoms with Crippen molar-refractivity contribution in [1.82, 2.24) is 4.90 Å². The largest absolute Gasteiger partial charge is 0.369 e. The summed E-state index contributed by atoms with van der Waals surface area (Å²) in [5.41, 5.74) is 5.31. The van der Waals surface area contributed by atoms with Crippen LogP contribution >= 0.6 is 0 Å². The number of carbonyl (C=O) groups excluding carboxylic acids is 2. The highest BCUT2D eigenvalue weighted by Crippen LogP contribution is 1.93. The van der Waals surface area contributed by atoms with E-state index in [0.717, 1.165) is 12.2 Å². The second-order valence-corrected chi connectivity index (χ2v) is 2.00. The Hall–Kier alpha value is -1.91. The van der Waals surface area contributed by atoms with Gasteiger partial charge in [-0.2, -0.15) is 0 Å². The van der Waals surface area contributed by atoms with Crippen LogP contribution in [0.2, 0.25) is 0 Å². The summed E-state index contributed by atoms with van der Waals surface area (Å²) in [5, 5.41) is 0. The first-order chi connectivity index (χ1) is 6.08. The van der Waals surface area contributed by atoms with Gasteiger partial charge in [-0.25, -0.2) is 4.90 Å². The molecule has 0 unspecified atom stereocenters. The molecule has 2 N–H and O–H groups in total. The lowest BCUT2D eigenvalue weighted by Gasteiger charge is -2.15. The van der Waals surface area contributed by atoms with Crippen LogP contribution in [0.1, 0.15) is 0 Å². The van der Waals surface area contributed by atoms with Crippen molar-refractivity contribution >= 4 is 17.8 Å². The summed E-state index contributed by atoms with van der Waals surface area (Å²) >= 11 is 0. The molecule has 0 aromatic carbocycles. The van der Waals surface area contributed by atoms with Gasteiger partial charge in [-0.3, -0.25) is 14.6 Å². The summed E-state index contributed by atoms with van der Waals surface area (Å²) in [6.07, 6.45) is 1.94. The standard InChI is InChI=1S/C8H11N3O2/c1-4-6(12)11(7(13)5-2)8(9)10-3/h4-5H,1-2H2,3H3,(H2,9,10). The summed E-state index contributed by atoms with van der Waals surface area (Å²) in [5.74, 6) is -1.45. The van der Waals surface area contributed by atoms with E-state index in [0.29, 0.717) is 4.90 Å². The molecule has 0 atom stereocenters. The average Bonchev–Trinajstić information content (AvgIpc) is 2.16. The molecule has 0 aromatic rings. The molecule has 0 saturated heterocycles. The zero-order chi connectivity index (χ0) is 10.4. The third-order valence-corrected chi connectivity index (χ3v) is 1.25. The van der Waals surface area contributed by atoms with Crippen molar-refractivity contribution in [3.05, 3.63) is 25.3 Å². The molecule has 0 bridgehead atoms. The quantitative estimate of drug-likeness (QED) is 0.359. The summed E-state index contributed by atoms with van der Waals surface area (Å²) < 4.78 is 0. The van der Waals surface area contributed by atoms with E-state index in [-0.39, 0.29) is 5.96 Å². The van der Waals surface area contributed by atoms with Crippen molar-refractivity contribution in [3.8, 4) is 0 Å². The number of hydrogen-bond donors (Lipinski definition) is 1. The Morgan fingerprint density at radius 2 is 1.69 bits per heavy atom. The summed E-state index contributed by atoms with van der Waals surface area (Å²) in [6.45, 7) is 6.45. The normalized spacial score (nSPS) is 10.4. The SMILES string of the molecule is C=CC(=O)N(C(=O)C=C)C(N)=NC. The van der Waals surface area contributed by atoms with Crippen molar-refractivity contribution in [2.75, 3.05) is 7.05 Å². The number of guanidine groups is 1. The van der Waals surface area contributed by atoms with Crippen molar-refractivity contribution in [2.45, 2.75) is 0 Å². The van der Waals surface area contributed by atoms with E-state index in [1.807, 2.05) is 0 Å². The second-order valence-electron chi connectivity index (χ2n) is 2.00.